The summed E-state index contributed by atoms with van der Waals surface area (Å²) in [4.78, 5) is 9.45. The molecule has 1 radical (unpaired) electrons. The Labute approximate surface area is 355 Å². The van der Waals surface area contributed by atoms with Gasteiger partial charge in [0, 0.05) is 42.9 Å². The van der Waals surface area contributed by atoms with Crippen molar-refractivity contribution in [2.45, 2.75) is 66.1 Å². The van der Waals surface area contributed by atoms with Gasteiger partial charge in [-0.3, -0.25) is 4.98 Å². The molecular formula is C52H47IrN3O-2. The van der Waals surface area contributed by atoms with Crippen molar-refractivity contribution in [3.8, 4) is 39.5 Å². The normalized spacial score (nSPS) is 12.8. The van der Waals surface area contributed by atoms with Gasteiger partial charge in [0.1, 0.15) is 5.58 Å². The molecule has 0 N–H and O–H groups in total. The minimum Gasteiger partial charge on any atom is -0.501 e. The summed E-state index contributed by atoms with van der Waals surface area (Å²) < 4.78 is 40.1. The molecule has 57 heavy (non-hydrogen) atoms. The van der Waals surface area contributed by atoms with Crippen molar-refractivity contribution in [2.24, 2.45) is 0 Å². The number of rotatable bonds is 7. The maximum absolute atomic E-state index is 8.39. The molecule has 0 aliphatic carbocycles. The Morgan fingerprint density at radius 2 is 1.39 bits per heavy atom. The third-order valence-corrected chi connectivity index (χ3v) is 10.3. The van der Waals surface area contributed by atoms with Gasteiger partial charge in [-0.15, -0.1) is 54.1 Å². The molecule has 0 saturated carbocycles. The maximum Gasteiger partial charge on any atom is 0.120 e. The quantitative estimate of drug-likeness (QED) is 0.150. The fraction of sp³-hybridized carbons (Fsp3) is 0.192. The first-order valence-electron chi connectivity index (χ1n) is 21.2. The van der Waals surface area contributed by atoms with Crippen molar-refractivity contribution in [3.63, 3.8) is 0 Å². The van der Waals surface area contributed by atoms with Gasteiger partial charge < -0.3 is 14.0 Å². The van der Waals surface area contributed by atoms with E-state index in [9.17, 15) is 0 Å². The minimum absolute atomic E-state index is 0. The Balaban J connectivity index is 0.000000185. The van der Waals surface area contributed by atoms with Crippen LogP contribution in [0, 0.1) is 19.0 Å². The van der Waals surface area contributed by atoms with Crippen LogP contribution in [0.3, 0.4) is 0 Å². The molecule has 0 aliphatic rings. The standard InChI is InChI=1S/C31H29N2.C21H18NO.Ir/c1-21(2)26-19-25(23-13-7-5-8-14-23)20-27(22(3)4)30(26)33-29-18-12-11-17-28(29)32-31(33)24-15-9-6-10-16-24;1-13(2)18-11-19(22-12-14(18)3)17-9-6-8-16-15-7-4-5-10-20(15)23-21(16)17;/h5-15,17-22H,1-4H3;4-8,10-13H,1-3H3;/q2*-1;/i;3D3,13D;. The topological polar surface area (TPSA) is 43.9 Å². The van der Waals surface area contributed by atoms with Crippen molar-refractivity contribution >= 4 is 33.0 Å². The van der Waals surface area contributed by atoms with E-state index in [2.05, 4.69) is 128 Å². The number of fused-ring (bicyclic) bond motifs is 4. The van der Waals surface area contributed by atoms with Crippen LogP contribution < -0.4 is 0 Å². The van der Waals surface area contributed by atoms with E-state index in [-0.39, 0.29) is 25.7 Å². The molecule has 3 heterocycles. The molecule has 0 unspecified atom stereocenters. The number of furan rings is 1. The fourth-order valence-corrected chi connectivity index (χ4v) is 7.47. The SMILES string of the molecule is CC(C)c1cc(-c2ccccc2)cc(C(C)C)c1-n1c(-c2[c-]cccc2)nc2ccccc21.[2H]C([2H])([2H])c1cnc(-c2[c-]ccc3c2oc2ccccc23)cc1C([2H])(C)C.[Ir]. The molecule has 5 heteroatoms. The van der Waals surface area contributed by atoms with E-state index in [0.29, 0.717) is 34.2 Å². The van der Waals surface area contributed by atoms with Crippen LogP contribution in [0.25, 0.3) is 72.4 Å². The van der Waals surface area contributed by atoms with Gasteiger partial charge in [0.2, 0.25) is 0 Å². The first-order valence-corrected chi connectivity index (χ1v) is 19.2. The predicted octanol–water partition coefficient (Wildman–Crippen LogP) is 14.3. The van der Waals surface area contributed by atoms with E-state index >= 15 is 0 Å². The second-order valence-corrected chi connectivity index (χ2v) is 15.0. The van der Waals surface area contributed by atoms with E-state index < -0.39 is 12.7 Å². The Bertz CT molecular complexity index is 2930. The van der Waals surface area contributed by atoms with Gasteiger partial charge in [-0.1, -0.05) is 119 Å². The largest absolute Gasteiger partial charge is 0.501 e. The number of aromatic nitrogens is 3. The number of aryl methyl sites for hydroxylation is 1. The van der Waals surface area contributed by atoms with Crippen molar-refractivity contribution in [2.75, 3.05) is 0 Å². The summed E-state index contributed by atoms with van der Waals surface area (Å²) in [6.45, 7) is 10.2. The van der Waals surface area contributed by atoms with Crippen LogP contribution in [0.1, 0.15) is 87.0 Å². The molecule has 9 rings (SSSR count). The monoisotopic (exact) mass is 926 g/mol. The van der Waals surface area contributed by atoms with Gasteiger partial charge in [-0.05, 0) is 94.0 Å². The Morgan fingerprint density at radius 1 is 0.684 bits per heavy atom. The number of benzene rings is 6. The summed E-state index contributed by atoms with van der Waals surface area (Å²) in [7, 11) is 0. The smallest absolute Gasteiger partial charge is 0.120 e. The zero-order chi connectivity index (χ0) is 42.3. The van der Waals surface area contributed by atoms with Crippen LogP contribution in [-0.4, -0.2) is 14.5 Å². The summed E-state index contributed by atoms with van der Waals surface area (Å²) in [6, 6.07) is 51.7. The van der Waals surface area contributed by atoms with Gasteiger partial charge in [0.05, 0.1) is 22.4 Å². The summed E-state index contributed by atoms with van der Waals surface area (Å²) in [5.74, 6) is 0.571. The third kappa shape index (κ3) is 7.75. The molecule has 287 valence electrons. The Kier molecular flexibility index (Phi) is 10.2. The molecule has 3 aromatic heterocycles. The molecule has 0 amide bonds. The van der Waals surface area contributed by atoms with E-state index in [1.165, 1.54) is 34.1 Å². The van der Waals surface area contributed by atoms with Crippen LogP contribution in [0.2, 0.25) is 0 Å². The van der Waals surface area contributed by atoms with Gasteiger partial charge >= 0.3 is 0 Å². The van der Waals surface area contributed by atoms with Crippen LogP contribution in [0.5, 0.6) is 0 Å². The summed E-state index contributed by atoms with van der Waals surface area (Å²) in [6.07, 6.45) is 1.35. The molecule has 0 atom stereocenters. The van der Waals surface area contributed by atoms with Gasteiger partial charge in [0.25, 0.3) is 0 Å². The van der Waals surface area contributed by atoms with Crippen molar-refractivity contribution in [3.05, 3.63) is 174 Å². The molecule has 0 fully saturated rings. The van der Waals surface area contributed by atoms with Crippen molar-refractivity contribution in [1.82, 2.24) is 14.5 Å². The molecule has 0 bridgehead atoms. The first-order chi connectivity index (χ1) is 28.7. The number of para-hydroxylation sites is 3. The van der Waals surface area contributed by atoms with Gasteiger partial charge in [-0.25, -0.2) is 0 Å². The molecule has 0 aliphatic heterocycles. The number of hydrogen-bond donors (Lipinski definition) is 0. The number of hydrogen-bond acceptors (Lipinski definition) is 3. The second-order valence-electron chi connectivity index (χ2n) is 15.0. The minimum atomic E-state index is -2.33. The molecule has 9 aromatic rings. The van der Waals surface area contributed by atoms with Crippen LogP contribution >= 0.6 is 0 Å². The van der Waals surface area contributed by atoms with Crippen molar-refractivity contribution in [1.29, 1.82) is 0 Å². The Morgan fingerprint density at radius 3 is 2.09 bits per heavy atom. The van der Waals surface area contributed by atoms with Crippen molar-refractivity contribution < 1.29 is 30.0 Å². The van der Waals surface area contributed by atoms with Gasteiger partial charge in [0.15, 0.2) is 0 Å². The predicted molar refractivity (Wildman–Crippen MR) is 234 cm³/mol. The van der Waals surface area contributed by atoms with Gasteiger partial charge in [-0.2, -0.15) is 0 Å². The van der Waals surface area contributed by atoms with E-state index in [1.54, 1.807) is 19.9 Å². The molecule has 0 spiro atoms. The summed E-state index contributed by atoms with van der Waals surface area (Å²) in [5.41, 5.74) is 12.7. The average Bonchev–Trinajstić information content (AvgIpc) is 3.82. The molecule has 4 nitrogen and oxygen atoms in total. The summed E-state index contributed by atoms with van der Waals surface area (Å²) in [5, 5.41) is 1.95. The molecule has 0 saturated heterocycles. The number of imidazole rings is 1. The third-order valence-electron chi connectivity index (χ3n) is 10.3. The van der Waals surface area contributed by atoms with Crippen LogP contribution in [0.15, 0.2) is 144 Å². The van der Waals surface area contributed by atoms with E-state index in [0.717, 1.165) is 38.8 Å². The number of pyridine rings is 1. The zero-order valence-electron chi connectivity index (χ0n) is 37.0. The van der Waals surface area contributed by atoms with Crippen LogP contribution in [-0.2, 0) is 20.1 Å². The Hall–Kier alpha value is -5.61. The molecular weight excluding hydrogens is 875 g/mol. The number of nitrogens with zero attached hydrogens (tertiary/aromatic N) is 3. The summed E-state index contributed by atoms with van der Waals surface area (Å²) >= 11 is 0. The maximum atomic E-state index is 8.39. The zero-order valence-corrected chi connectivity index (χ0v) is 35.4. The van der Waals surface area contributed by atoms with E-state index in [1.807, 2.05) is 48.5 Å². The first kappa shape index (κ1) is 34.6. The van der Waals surface area contributed by atoms with Crippen LogP contribution in [0.4, 0.5) is 0 Å². The second kappa shape index (κ2) is 16.9. The average molecular weight is 926 g/mol. The molecule has 6 aromatic carbocycles. The van der Waals surface area contributed by atoms with E-state index in [4.69, 9.17) is 14.9 Å². The fourth-order valence-electron chi connectivity index (χ4n) is 7.47.